The number of rotatable bonds is 20. The van der Waals surface area contributed by atoms with E-state index in [1.165, 1.54) is 146 Å². The Labute approximate surface area is 921 Å². The predicted octanol–water partition coefficient (Wildman–Crippen LogP) is 11.8. The summed E-state index contributed by atoms with van der Waals surface area (Å²) in [6.07, 6.45) is 23.3. The number of imidazole rings is 3. The summed E-state index contributed by atoms with van der Waals surface area (Å²) >= 11 is 9.85. The van der Waals surface area contributed by atoms with Crippen molar-refractivity contribution in [2.24, 2.45) is 0 Å². The Morgan fingerprint density at radius 2 is 0.971 bits per heavy atom. The molecule has 729 valence electrons. The van der Waals surface area contributed by atoms with Gasteiger partial charge in [-0.1, -0.05) is 78.6 Å². The Morgan fingerprint density at radius 3 is 1.32 bits per heavy atom. The second-order valence-electron chi connectivity index (χ2n) is 33.1. The Bertz CT molecular complexity index is 5070. The number of hydrogen-bond donors (Lipinski definition) is 9. The zero-order valence-electron chi connectivity index (χ0n) is 82.0. The van der Waals surface area contributed by atoms with Crippen LogP contribution >= 0.6 is 60.2 Å². The minimum Gasteiger partial charge on any atom is -1.00 e. The van der Waals surface area contributed by atoms with Crippen molar-refractivity contribution in [3.8, 4) is 29.0 Å². The van der Waals surface area contributed by atoms with Gasteiger partial charge >= 0.3 is 122 Å². The second kappa shape index (κ2) is 70.9. The number of aromatic nitrogens is 6. The van der Waals surface area contributed by atoms with Crippen molar-refractivity contribution in [1.29, 1.82) is 10.5 Å². The van der Waals surface area contributed by atoms with Crippen molar-refractivity contribution in [3.63, 3.8) is 0 Å². The second-order valence-corrected chi connectivity index (χ2v) is 35.9. The van der Waals surface area contributed by atoms with E-state index in [1.54, 1.807) is 49.4 Å². The average Bonchev–Trinajstić information content (AvgIpc) is 1.69. The number of carbonyl (C=O) groups is 3. The van der Waals surface area contributed by atoms with E-state index in [1.807, 2.05) is 49.4 Å². The molecule has 6 atom stereocenters. The Balaban J connectivity index is 0.000000522. The van der Waals surface area contributed by atoms with E-state index in [2.05, 4.69) is 227 Å². The number of hydrogen-bond acceptors (Lipinski definition) is 26. The van der Waals surface area contributed by atoms with Gasteiger partial charge in [0.1, 0.15) is 28.9 Å². The van der Waals surface area contributed by atoms with Crippen molar-refractivity contribution in [2.75, 3.05) is 109 Å². The topological polar surface area (TPSA) is 432 Å². The van der Waals surface area contributed by atoms with Gasteiger partial charge < -0.3 is 97.8 Å². The van der Waals surface area contributed by atoms with Crippen molar-refractivity contribution < 1.29 is 158 Å². The molecule has 17 rings (SSSR count). The van der Waals surface area contributed by atoms with Crippen LogP contribution in [0.25, 0.3) is 44.2 Å². The number of nitro groups is 1. The molecule has 7 saturated heterocycles. The molecule has 7 aromatic carbocycles. The number of fused-ring (bicyclic) bond motifs is 3. The summed E-state index contributed by atoms with van der Waals surface area (Å²) in [7, 11) is 0.599. The molecule has 0 bridgehead atoms. The van der Waals surface area contributed by atoms with E-state index in [0.29, 0.717) is 72.1 Å². The summed E-state index contributed by atoms with van der Waals surface area (Å²) in [5, 5.41) is 50.9. The largest absolute Gasteiger partial charge is 1.00 e. The molecular formula is C99H138BBr3ClK2N18O12. The average molecular weight is 2140 g/mol. The molecule has 7 aliphatic rings. The number of nitrogen functional groups attached to an aromatic ring is 3. The van der Waals surface area contributed by atoms with Gasteiger partial charge in [-0.05, 0) is 317 Å². The fourth-order valence-electron chi connectivity index (χ4n) is 15.4. The van der Waals surface area contributed by atoms with E-state index < -0.39 is 4.92 Å². The van der Waals surface area contributed by atoms with Crippen LogP contribution in [0.1, 0.15) is 187 Å². The SMILES string of the molecule is C1CCOC1.C=CC(=O)OCC.CCOC(=O)CCN1CCC[C@H]1C.C[C@@H]1CCCN1.C[C@@H]1CCCN1.C[C@@H]1CCCN1CCc1nc2ccc(-c3ccc(C#N)cc3)cc2[nH]1.C[C@@H]1CCCN1CCc1nc2ccc(Br)cc2[nH]1.Cc1ccc2nc(CCN3CCC[C@H]3C)[nH]c2c1.Cl.N#Cc1ccc(O[B]O)cc1.Nc1ccc(Br)cc1N.Nc1ccc(Br)cc1[N+](=O)[O-].O=CO[O-].[H-].[K+].[K+]. The third-order valence-electron chi connectivity index (χ3n) is 23.0. The molecule has 0 aliphatic carbocycles. The molecule has 10 aromatic rings. The van der Waals surface area contributed by atoms with Crippen molar-refractivity contribution in [2.45, 2.75) is 214 Å². The molecule has 37 heteroatoms. The number of aromatic amines is 3. The molecule has 10 heterocycles. The van der Waals surface area contributed by atoms with E-state index in [4.69, 9.17) is 57.3 Å². The molecule has 30 nitrogen and oxygen atoms in total. The zero-order chi connectivity index (χ0) is 96.8. The van der Waals surface area contributed by atoms with Gasteiger partial charge in [0.25, 0.3) is 12.2 Å². The number of nitrogens with one attached hydrogen (secondary N) is 5. The Kier molecular flexibility index (Phi) is 64.4. The zero-order valence-corrected chi connectivity index (χ0v) is 92.8. The van der Waals surface area contributed by atoms with Gasteiger partial charge in [0.15, 0.2) is 0 Å². The van der Waals surface area contributed by atoms with E-state index in [0.717, 1.165) is 161 Å². The Hall–Kier alpha value is -6.61. The van der Waals surface area contributed by atoms with Crippen molar-refractivity contribution in [3.05, 3.63) is 210 Å². The van der Waals surface area contributed by atoms with Gasteiger partial charge in [0.2, 0.25) is 0 Å². The van der Waals surface area contributed by atoms with Crippen molar-refractivity contribution in [1.82, 2.24) is 60.1 Å². The minimum absolute atomic E-state index is 0. The summed E-state index contributed by atoms with van der Waals surface area (Å²) < 4.78 is 21.6. The summed E-state index contributed by atoms with van der Waals surface area (Å²) in [6.45, 7) is 36.8. The number of aryl methyl sites for hydroxylation is 1. The molecule has 7 aliphatic heterocycles. The van der Waals surface area contributed by atoms with Crippen LogP contribution in [-0.2, 0) is 52.7 Å². The molecule has 3 aromatic heterocycles. The van der Waals surface area contributed by atoms with Gasteiger partial charge in [0, 0.05) is 120 Å². The first-order chi connectivity index (χ1) is 64.1. The summed E-state index contributed by atoms with van der Waals surface area (Å²) in [4.78, 5) is 76.5. The number of nitro benzene ring substituents is 1. The van der Waals surface area contributed by atoms with Gasteiger partial charge in [-0.3, -0.25) is 19.7 Å². The summed E-state index contributed by atoms with van der Waals surface area (Å²) in [6, 6.07) is 51.5. The molecule has 0 saturated carbocycles. The molecule has 7 fully saturated rings. The van der Waals surface area contributed by atoms with E-state index in [-0.39, 0.29) is 146 Å². The third kappa shape index (κ3) is 48.2. The third-order valence-corrected chi connectivity index (χ3v) is 24.5. The van der Waals surface area contributed by atoms with Crippen LogP contribution in [0, 0.1) is 39.7 Å². The minimum atomic E-state index is -0.514. The normalized spacial score (nSPS) is 17.6. The molecular weight excluding hydrogens is 2000 g/mol. The maximum Gasteiger partial charge on any atom is 1.00 e. The number of ether oxygens (including phenoxy) is 3. The number of benzene rings is 7. The number of nitriles is 2. The van der Waals surface area contributed by atoms with Crippen LogP contribution in [0.2, 0.25) is 0 Å². The number of nitrogens with zero attached hydrogens (tertiary/aromatic N) is 10. The van der Waals surface area contributed by atoms with E-state index in [9.17, 15) is 19.7 Å². The van der Waals surface area contributed by atoms with Crippen molar-refractivity contribution >= 4 is 142 Å². The smallest absolute Gasteiger partial charge is 1.00 e. The van der Waals surface area contributed by atoms with Crippen LogP contribution in [0.3, 0.4) is 0 Å². The quantitative estimate of drug-likeness (QED) is 0.00500. The summed E-state index contributed by atoms with van der Waals surface area (Å²) in [5.74, 6) is 3.36. The molecule has 0 unspecified atom stereocenters. The standard InChI is InChI=1S/C21H22N4.C15H21N3.C14H18BrN3.C10H19NO2.C7H5BNO2.C6H5BrN2O2.C6H7BrN2.2C5H11N.C5H8O2.C4H8O.CH2O3.ClH.2K.H/c1-15-3-2-11-25(15)12-10-21-23-19-9-8-18(13-20(19)24-21)17-6-4-16(14-22)5-7-17;1-11-5-6-13-14(10-11)17-15(16-13)7-9-18-8-3-4-12(18)2;1-10-3-2-7-18(10)8-6-14-16-12-5-4-11(15)9-13(12)17-14;1-3-13-10(12)6-8-11-7-4-5-9(11)2;9-5-6-1-3-7(4-2-6)11-8-10;7-4-1-2-5(8)6(3-4)9(10)11;7-4-1-2-5(8)6(9)3-4;2*1-5-3-2-4-6-5;1-3-5(6)7-4-2;1-2-4-5-3-1;2-1-4-3;;;;/h4-9,13,15H,2-3,10-12H2,1H3,(H,23,24);5-6,10,12H,3-4,7-9H2,1-2H3,(H,16,17);4-5,9-10H,2-3,6-8H2,1H3,(H,16,17);9H,3-8H2,1-2H3;1-4,10H;1-3H,8H2;1-3H,8-9H2;2*5-6H,2-4H2,1H3;3H,1,4H2,2H3;1-4H2;1,3H;1H;;;/q;;;;;;;;;;;;;2*+1;-1/p-1/t15-;12-;10-;9-;;;;2*5-;;;;;;;/m1111...11......./s1. The van der Waals surface area contributed by atoms with Crippen LogP contribution in [0.4, 0.5) is 22.7 Å². The molecule has 136 heavy (non-hydrogen) atoms. The van der Waals surface area contributed by atoms with Gasteiger partial charge in [-0.25, -0.2) is 19.7 Å². The van der Waals surface area contributed by atoms with Gasteiger partial charge in [0.05, 0.1) is 92.3 Å². The number of carbonyl (C=O) groups excluding carboxylic acids is 3. The number of anilines is 3. The fourth-order valence-corrected chi connectivity index (χ4v) is 16.5. The Morgan fingerprint density at radius 1 is 0.566 bits per heavy atom. The van der Waals surface area contributed by atoms with Crippen LogP contribution < -0.4 is 141 Å². The number of halogens is 4. The first-order valence-electron chi connectivity index (χ1n) is 46.0. The molecule has 0 spiro atoms. The van der Waals surface area contributed by atoms with Gasteiger partial charge in [-0.2, -0.15) is 10.5 Å². The molecule has 0 amide bonds. The van der Waals surface area contributed by atoms with Crippen LogP contribution in [0.5, 0.6) is 5.75 Å². The summed E-state index contributed by atoms with van der Waals surface area (Å²) in [5.41, 5.74) is 28.9. The van der Waals surface area contributed by atoms with Gasteiger partial charge in [-0.15, -0.1) is 12.4 Å². The number of H-pyrrole nitrogens is 3. The van der Waals surface area contributed by atoms with E-state index >= 15 is 0 Å². The number of nitrogens with two attached hydrogens (primary N) is 3. The van der Waals surface area contributed by atoms with Crippen LogP contribution in [0.15, 0.2) is 166 Å². The number of esters is 2. The monoisotopic (exact) mass is 2130 g/mol. The maximum atomic E-state index is 11.1. The maximum absolute atomic E-state index is 11.1. The number of likely N-dealkylation sites (tertiary alicyclic amines) is 4. The first kappa shape index (κ1) is 124. The molecule has 12 N–H and O–H groups in total. The first-order valence-corrected chi connectivity index (χ1v) is 48.4. The molecule has 1 radical (unpaired) electrons. The fraction of sp³-hybridized carbons (Fsp3) is 0.475. The predicted molar refractivity (Wildman–Crippen MR) is 548 cm³/mol. The van der Waals surface area contributed by atoms with Crippen LogP contribution in [-0.4, -0.2) is 214 Å².